The highest BCUT2D eigenvalue weighted by molar-refractivity contribution is 5.80. The van der Waals surface area contributed by atoms with Crippen LogP contribution in [0.15, 0.2) is 70.3 Å². The van der Waals surface area contributed by atoms with E-state index >= 15 is 0 Å². The van der Waals surface area contributed by atoms with Crippen molar-refractivity contribution < 1.29 is 4.39 Å². The summed E-state index contributed by atoms with van der Waals surface area (Å²) in [5.74, 6) is -0.372. The van der Waals surface area contributed by atoms with Gasteiger partial charge in [-0.25, -0.2) is 9.07 Å². The lowest BCUT2D eigenvalue weighted by atomic mass is 10.1. The maximum atomic E-state index is 13.2. The number of hydrogen-bond acceptors (Lipinski definition) is 2. The van der Waals surface area contributed by atoms with E-state index in [0.29, 0.717) is 41.7 Å². The first-order valence-corrected chi connectivity index (χ1v) is 9.26. The van der Waals surface area contributed by atoms with Crippen molar-refractivity contribution in [1.29, 1.82) is 0 Å². The Balaban J connectivity index is 1.82. The molecular weight excluding hydrogens is 357 g/mol. The number of rotatable bonds is 5. The van der Waals surface area contributed by atoms with Crippen molar-refractivity contribution in [2.45, 2.75) is 26.3 Å². The molecule has 4 rings (SSSR count). The van der Waals surface area contributed by atoms with Crippen molar-refractivity contribution in [1.82, 2.24) is 14.3 Å². The van der Waals surface area contributed by atoms with Gasteiger partial charge in [-0.2, -0.15) is 0 Å². The molecule has 0 unspecified atom stereocenters. The first-order valence-electron chi connectivity index (χ1n) is 9.26. The van der Waals surface area contributed by atoms with E-state index in [2.05, 4.69) is 5.10 Å². The Morgan fingerprint density at radius 1 is 1.00 bits per heavy atom. The molecule has 0 atom stereocenters. The summed E-state index contributed by atoms with van der Waals surface area (Å²) in [6.45, 7) is 2.44. The number of aromatic nitrogens is 3. The van der Waals surface area contributed by atoms with Crippen LogP contribution in [0.3, 0.4) is 0 Å². The van der Waals surface area contributed by atoms with Crippen LogP contribution in [-0.4, -0.2) is 14.3 Å². The number of hydrogen-bond donors (Lipinski definition) is 1. The van der Waals surface area contributed by atoms with Gasteiger partial charge in [0.2, 0.25) is 0 Å². The number of fused-ring (bicyclic) bond motifs is 1. The molecule has 0 aliphatic carbocycles. The SMILES string of the molecule is CCc1c2c(=O)n(-c3ccc(F)cc3)[nH]c2cc(=O)n1CCc1ccccc1. The zero-order valence-corrected chi connectivity index (χ0v) is 15.5. The largest absolute Gasteiger partial charge is 0.311 e. The van der Waals surface area contributed by atoms with Gasteiger partial charge in [-0.1, -0.05) is 37.3 Å². The lowest BCUT2D eigenvalue weighted by Crippen LogP contribution is -2.25. The van der Waals surface area contributed by atoms with E-state index in [1.54, 1.807) is 4.57 Å². The van der Waals surface area contributed by atoms with Crippen LogP contribution in [0, 0.1) is 5.82 Å². The second-order valence-corrected chi connectivity index (χ2v) is 6.69. The standard InChI is InChI=1S/C22H20FN3O2/c1-2-19-21-18(24-26(22(21)28)17-10-8-16(23)9-11-17)14-20(27)25(19)13-12-15-6-4-3-5-7-15/h3-11,14,24H,2,12-13H2,1H3. The lowest BCUT2D eigenvalue weighted by Gasteiger charge is -2.12. The molecule has 2 heterocycles. The Bertz CT molecular complexity index is 1240. The van der Waals surface area contributed by atoms with Crippen LogP contribution in [0.1, 0.15) is 18.2 Å². The van der Waals surface area contributed by atoms with Crippen molar-refractivity contribution in [2.24, 2.45) is 0 Å². The Labute approximate surface area is 160 Å². The fourth-order valence-corrected chi connectivity index (χ4v) is 3.58. The molecule has 2 aromatic heterocycles. The number of benzene rings is 2. The second-order valence-electron chi connectivity index (χ2n) is 6.69. The maximum absolute atomic E-state index is 13.2. The van der Waals surface area contributed by atoms with Gasteiger partial charge in [0.1, 0.15) is 5.82 Å². The summed E-state index contributed by atoms with van der Waals surface area (Å²) in [4.78, 5) is 25.8. The molecule has 0 aliphatic heterocycles. The molecule has 28 heavy (non-hydrogen) atoms. The predicted octanol–water partition coefficient (Wildman–Crippen LogP) is 3.42. The van der Waals surface area contributed by atoms with Gasteiger partial charge in [-0.3, -0.25) is 14.7 Å². The molecular formula is C22H20FN3O2. The summed E-state index contributed by atoms with van der Waals surface area (Å²) in [5.41, 5.74) is 2.47. The normalized spacial score (nSPS) is 11.2. The molecule has 5 nitrogen and oxygen atoms in total. The van der Waals surface area contributed by atoms with Crippen molar-refractivity contribution in [2.75, 3.05) is 0 Å². The molecule has 4 aromatic rings. The minimum Gasteiger partial charge on any atom is -0.311 e. The van der Waals surface area contributed by atoms with Crippen molar-refractivity contribution in [3.05, 3.63) is 98.4 Å². The number of nitrogens with zero attached hydrogens (tertiary/aromatic N) is 2. The first kappa shape index (κ1) is 18.0. The quantitative estimate of drug-likeness (QED) is 0.579. The molecule has 0 fully saturated rings. The van der Waals surface area contributed by atoms with Crippen molar-refractivity contribution in [3.8, 4) is 5.69 Å². The molecule has 1 N–H and O–H groups in total. The summed E-state index contributed by atoms with van der Waals surface area (Å²) in [6.07, 6.45) is 1.26. The topological polar surface area (TPSA) is 59.8 Å². The number of pyridine rings is 1. The highest BCUT2D eigenvalue weighted by atomic mass is 19.1. The second kappa shape index (κ2) is 7.31. The number of aryl methyl sites for hydroxylation is 2. The van der Waals surface area contributed by atoms with Gasteiger partial charge in [0, 0.05) is 18.3 Å². The summed E-state index contributed by atoms with van der Waals surface area (Å²) in [5, 5.41) is 3.48. The van der Waals surface area contributed by atoms with E-state index < -0.39 is 0 Å². The molecule has 0 bridgehead atoms. The van der Waals surface area contributed by atoms with Crippen LogP contribution in [0.4, 0.5) is 4.39 Å². The zero-order chi connectivity index (χ0) is 19.7. The fraction of sp³-hybridized carbons (Fsp3) is 0.182. The van der Waals surface area contributed by atoms with Gasteiger partial charge in [0.15, 0.2) is 0 Å². The van der Waals surface area contributed by atoms with Crippen molar-refractivity contribution >= 4 is 10.9 Å². The molecule has 0 saturated heterocycles. The molecule has 0 saturated carbocycles. The number of aromatic amines is 1. The highest BCUT2D eigenvalue weighted by Crippen LogP contribution is 2.16. The average Bonchev–Trinajstić information content (AvgIpc) is 3.03. The third kappa shape index (κ3) is 3.17. The third-order valence-electron chi connectivity index (χ3n) is 4.95. The van der Waals surface area contributed by atoms with Crippen molar-refractivity contribution in [3.63, 3.8) is 0 Å². The van der Waals surface area contributed by atoms with Crippen LogP contribution in [0.25, 0.3) is 16.6 Å². The summed E-state index contributed by atoms with van der Waals surface area (Å²) >= 11 is 0. The molecule has 0 amide bonds. The van der Waals surface area contributed by atoms with Crippen LogP contribution < -0.4 is 11.1 Å². The van der Waals surface area contributed by atoms with E-state index in [-0.39, 0.29) is 16.9 Å². The van der Waals surface area contributed by atoms with Crippen LogP contribution in [0.5, 0.6) is 0 Å². The van der Waals surface area contributed by atoms with Gasteiger partial charge in [-0.05, 0) is 42.7 Å². The van der Waals surface area contributed by atoms with Gasteiger partial charge in [0.05, 0.1) is 16.6 Å². The molecule has 6 heteroatoms. The average molecular weight is 377 g/mol. The third-order valence-corrected chi connectivity index (χ3v) is 4.95. The molecule has 142 valence electrons. The van der Waals surface area contributed by atoms with Gasteiger partial charge in [0.25, 0.3) is 11.1 Å². The molecule has 0 radical (unpaired) electrons. The fourth-order valence-electron chi connectivity index (χ4n) is 3.58. The van der Waals surface area contributed by atoms with Gasteiger partial charge >= 0.3 is 0 Å². The Morgan fingerprint density at radius 2 is 1.71 bits per heavy atom. The van der Waals surface area contributed by atoms with E-state index in [0.717, 1.165) is 5.56 Å². The minimum absolute atomic E-state index is 0.146. The maximum Gasteiger partial charge on any atom is 0.280 e. The zero-order valence-electron chi connectivity index (χ0n) is 15.5. The van der Waals surface area contributed by atoms with Gasteiger partial charge < -0.3 is 4.57 Å². The Morgan fingerprint density at radius 3 is 2.39 bits per heavy atom. The number of H-pyrrole nitrogens is 1. The summed E-state index contributed by atoms with van der Waals surface area (Å²) < 4.78 is 16.2. The molecule has 0 aliphatic rings. The minimum atomic E-state index is -0.372. The van der Waals surface area contributed by atoms with E-state index in [1.165, 1.54) is 35.0 Å². The van der Waals surface area contributed by atoms with Crippen LogP contribution in [-0.2, 0) is 19.4 Å². The first-order chi connectivity index (χ1) is 13.6. The lowest BCUT2D eigenvalue weighted by molar-refractivity contribution is 0.627. The van der Waals surface area contributed by atoms with E-state index in [9.17, 15) is 14.0 Å². The van der Waals surface area contributed by atoms with Crippen LogP contribution in [0.2, 0.25) is 0 Å². The number of nitrogens with one attached hydrogen (secondary N) is 1. The molecule has 2 aromatic carbocycles. The highest BCUT2D eigenvalue weighted by Gasteiger charge is 2.16. The van der Waals surface area contributed by atoms with E-state index in [4.69, 9.17) is 0 Å². The monoisotopic (exact) mass is 377 g/mol. The van der Waals surface area contributed by atoms with Gasteiger partial charge in [-0.15, -0.1) is 0 Å². The number of halogens is 1. The summed E-state index contributed by atoms with van der Waals surface area (Å²) in [6, 6.07) is 17.0. The molecule has 0 spiro atoms. The predicted molar refractivity (Wildman–Crippen MR) is 108 cm³/mol. The van der Waals surface area contributed by atoms with E-state index in [1.807, 2.05) is 37.3 Å². The Hall–Kier alpha value is -3.41. The smallest absolute Gasteiger partial charge is 0.280 e. The summed E-state index contributed by atoms with van der Waals surface area (Å²) in [7, 11) is 0. The Kier molecular flexibility index (Phi) is 4.69. The van der Waals surface area contributed by atoms with Crippen LogP contribution >= 0.6 is 0 Å².